The lowest BCUT2D eigenvalue weighted by Gasteiger charge is -2.31. The molecule has 0 aromatic carbocycles. The quantitative estimate of drug-likeness (QED) is 0.614. The summed E-state index contributed by atoms with van der Waals surface area (Å²) in [6.07, 6.45) is 0.909. The maximum Gasteiger partial charge on any atom is 0.136 e. The minimum atomic E-state index is -0.340. The number of methoxy groups -OCH3 is 1. The normalized spacial score (nSPS) is 11.9. The van der Waals surface area contributed by atoms with Crippen molar-refractivity contribution in [3.63, 3.8) is 0 Å². The number of ether oxygens (including phenoxy) is 3. The summed E-state index contributed by atoms with van der Waals surface area (Å²) in [4.78, 5) is 2.51. The fraction of sp³-hybridized carbons (Fsp3) is 0.500. The van der Waals surface area contributed by atoms with Gasteiger partial charge in [0.15, 0.2) is 0 Å². The second-order valence-electron chi connectivity index (χ2n) is 4.59. The molecule has 0 amide bonds. The van der Waals surface area contributed by atoms with Crippen molar-refractivity contribution in [2.75, 3.05) is 33.5 Å². The molecule has 0 aliphatic heterocycles. The first-order valence-corrected chi connectivity index (χ1v) is 8.88. The number of rotatable bonds is 10. The third kappa shape index (κ3) is 4.14. The smallest absolute Gasteiger partial charge is 0.136 e. The first-order chi connectivity index (χ1) is 10.3. The molecule has 0 saturated heterocycles. The van der Waals surface area contributed by atoms with E-state index >= 15 is 0 Å². The summed E-state index contributed by atoms with van der Waals surface area (Å²) >= 11 is 3.49. The van der Waals surface area contributed by atoms with E-state index in [-0.39, 0.29) is 5.60 Å². The molecular weight excluding hydrogens is 304 g/mol. The molecule has 5 heteroatoms. The van der Waals surface area contributed by atoms with Crippen LogP contribution < -0.4 is 0 Å². The molecule has 21 heavy (non-hydrogen) atoms. The van der Waals surface area contributed by atoms with E-state index in [9.17, 15) is 0 Å². The lowest BCUT2D eigenvalue weighted by atomic mass is 9.96. The average Bonchev–Trinajstić information content (AvgIpc) is 3.20. The van der Waals surface area contributed by atoms with Gasteiger partial charge in [-0.2, -0.15) is 0 Å². The second-order valence-corrected chi connectivity index (χ2v) is 6.48. The van der Waals surface area contributed by atoms with Crippen LogP contribution in [0.3, 0.4) is 0 Å². The van der Waals surface area contributed by atoms with Crippen LogP contribution in [-0.4, -0.2) is 33.5 Å². The lowest BCUT2D eigenvalue weighted by molar-refractivity contribution is -0.0497. The van der Waals surface area contributed by atoms with Crippen molar-refractivity contribution in [2.24, 2.45) is 0 Å². The van der Waals surface area contributed by atoms with Gasteiger partial charge in [0.2, 0.25) is 0 Å². The van der Waals surface area contributed by atoms with Crippen molar-refractivity contribution in [1.82, 2.24) is 0 Å². The van der Waals surface area contributed by atoms with Crippen LogP contribution in [0.15, 0.2) is 35.0 Å². The molecule has 0 spiro atoms. The maximum atomic E-state index is 6.30. The highest BCUT2D eigenvalue weighted by atomic mass is 32.1. The monoisotopic (exact) mass is 326 g/mol. The van der Waals surface area contributed by atoms with Crippen LogP contribution in [0.4, 0.5) is 0 Å². The minimum Gasteiger partial charge on any atom is -0.382 e. The van der Waals surface area contributed by atoms with Crippen molar-refractivity contribution in [1.29, 1.82) is 0 Å². The Morgan fingerprint density at radius 3 is 2.05 bits per heavy atom. The van der Waals surface area contributed by atoms with Gasteiger partial charge >= 0.3 is 0 Å². The average molecular weight is 326 g/mol. The van der Waals surface area contributed by atoms with Crippen molar-refractivity contribution in [3.05, 3.63) is 44.8 Å². The molecule has 3 nitrogen and oxygen atoms in total. The van der Waals surface area contributed by atoms with Gasteiger partial charge in [-0.3, -0.25) is 0 Å². The molecule has 0 fully saturated rings. The Hall–Kier alpha value is -0.720. The largest absolute Gasteiger partial charge is 0.382 e. The van der Waals surface area contributed by atoms with Gasteiger partial charge in [0.1, 0.15) is 5.60 Å². The summed E-state index contributed by atoms with van der Waals surface area (Å²) in [5, 5.41) is 4.21. The van der Waals surface area contributed by atoms with Crippen LogP contribution in [0.1, 0.15) is 23.1 Å². The summed E-state index contributed by atoms with van der Waals surface area (Å²) in [5.41, 5.74) is -0.340. The molecule has 0 radical (unpaired) electrons. The van der Waals surface area contributed by atoms with E-state index in [1.54, 1.807) is 29.8 Å². The van der Waals surface area contributed by atoms with Crippen LogP contribution in [0.5, 0.6) is 0 Å². The third-order valence-corrected chi connectivity index (χ3v) is 5.37. The molecule has 2 rings (SSSR count). The van der Waals surface area contributed by atoms with Gasteiger partial charge in [-0.25, -0.2) is 0 Å². The van der Waals surface area contributed by atoms with Crippen LogP contribution >= 0.6 is 22.7 Å². The lowest BCUT2D eigenvalue weighted by Crippen LogP contribution is -2.30. The molecule has 2 aromatic rings. The molecule has 0 aliphatic carbocycles. The molecule has 2 aromatic heterocycles. The van der Waals surface area contributed by atoms with Gasteiger partial charge in [0.05, 0.1) is 26.4 Å². The Morgan fingerprint density at radius 1 is 0.952 bits per heavy atom. The third-order valence-electron chi connectivity index (χ3n) is 3.34. The zero-order valence-corrected chi connectivity index (χ0v) is 14.2. The van der Waals surface area contributed by atoms with E-state index in [1.807, 2.05) is 0 Å². The first-order valence-electron chi connectivity index (χ1n) is 7.12. The molecule has 2 heterocycles. The highest BCUT2D eigenvalue weighted by Gasteiger charge is 2.35. The fourth-order valence-electron chi connectivity index (χ4n) is 2.25. The summed E-state index contributed by atoms with van der Waals surface area (Å²) in [5.74, 6) is 0. The summed E-state index contributed by atoms with van der Waals surface area (Å²) in [7, 11) is 1.68. The molecule has 0 N–H and O–H groups in total. The Labute approximate surface area is 134 Å². The van der Waals surface area contributed by atoms with Gasteiger partial charge in [0, 0.05) is 16.9 Å². The Kier molecular flexibility index (Phi) is 6.86. The van der Waals surface area contributed by atoms with Crippen molar-refractivity contribution in [3.8, 4) is 0 Å². The molecule has 0 unspecified atom stereocenters. The fourth-order valence-corrected chi connectivity index (χ4v) is 4.24. The minimum absolute atomic E-state index is 0.340. The topological polar surface area (TPSA) is 27.7 Å². The molecular formula is C16H22O3S2. The highest BCUT2D eigenvalue weighted by molar-refractivity contribution is 7.11. The predicted molar refractivity (Wildman–Crippen MR) is 88.4 cm³/mol. The Morgan fingerprint density at radius 2 is 1.57 bits per heavy atom. The van der Waals surface area contributed by atoms with Gasteiger partial charge < -0.3 is 14.2 Å². The van der Waals surface area contributed by atoms with E-state index in [0.717, 1.165) is 6.42 Å². The van der Waals surface area contributed by atoms with Crippen molar-refractivity contribution < 1.29 is 14.2 Å². The van der Waals surface area contributed by atoms with Gasteiger partial charge in [-0.1, -0.05) is 19.1 Å². The van der Waals surface area contributed by atoms with Crippen molar-refractivity contribution in [2.45, 2.75) is 18.9 Å². The zero-order chi connectivity index (χ0) is 15.0. The van der Waals surface area contributed by atoms with Gasteiger partial charge in [-0.15, -0.1) is 22.7 Å². The standard InChI is InChI=1S/C16H22O3S2/c1-3-16(14-6-4-12-20-14,15-7-5-13-21-15)19-11-10-18-9-8-17-2/h4-7,12-13H,3,8-11H2,1-2H3. The van der Waals surface area contributed by atoms with Crippen LogP contribution in [0.25, 0.3) is 0 Å². The first kappa shape index (κ1) is 16.6. The number of hydrogen-bond acceptors (Lipinski definition) is 5. The molecule has 0 atom stereocenters. The van der Waals surface area contributed by atoms with E-state index in [0.29, 0.717) is 26.4 Å². The Balaban J connectivity index is 2.03. The van der Waals surface area contributed by atoms with Crippen LogP contribution in [0.2, 0.25) is 0 Å². The number of hydrogen-bond donors (Lipinski definition) is 0. The van der Waals surface area contributed by atoms with Gasteiger partial charge in [-0.05, 0) is 29.3 Å². The predicted octanol–water partition coefficient (Wildman–Crippen LogP) is 4.14. The molecule has 116 valence electrons. The van der Waals surface area contributed by atoms with E-state index in [1.165, 1.54) is 9.75 Å². The van der Waals surface area contributed by atoms with Crippen molar-refractivity contribution >= 4 is 22.7 Å². The summed E-state index contributed by atoms with van der Waals surface area (Å²) in [6.45, 7) is 4.56. The molecule has 0 saturated carbocycles. The van der Waals surface area contributed by atoms with E-state index in [4.69, 9.17) is 14.2 Å². The number of thiophene rings is 2. The molecule has 0 aliphatic rings. The SMILES string of the molecule is CCC(OCCOCCOC)(c1cccs1)c1cccs1. The second kappa shape index (κ2) is 8.66. The zero-order valence-electron chi connectivity index (χ0n) is 12.5. The van der Waals surface area contributed by atoms with Crippen LogP contribution in [0, 0.1) is 0 Å². The van der Waals surface area contributed by atoms with Gasteiger partial charge in [0.25, 0.3) is 0 Å². The Bertz CT molecular complexity index is 445. The molecule has 0 bridgehead atoms. The van der Waals surface area contributed by atoms with E-state index < -0.39 is 0 Å². The highest BCUT2D eigenvalue weighted by Crippen LogP contribution is 2.41. The van der Waals surface area contributed by atoms with Crippen LogP contribution in [-0.2, 0) is 19.8 Å². The maximum absolute atomic E-state index is 6.30. The summed E-state index contributed by atoms with van der Waals surface area (Å²) < 4.78 is 16.8. The summed E-state index contributed by atoms with van der Waals surface area (Å²) in [6, 6.07) is 8.46. The van der Waals surface area contributed by atoms with E-state index in [2.05, 4.69) is 41.9 Å².